The lowest BCUT2D eigenvalue weighted by atomic mass is 9.94. The zero-order valence-corrected chi connectivity index (χ0v) is 22.7. The maximum absolute atomic E-state index is 4.00. The van der Waals surface area contributed by atoms with Gasteiger partial charge < -0.3 is 4.90 Å². The molecule has 2 aliphatic carbocycles. The van der Waals surface area contributed by atoms with Gasteiger partial charge in [0.2, 0.25) is 0 Å². The van der Waals surface area contributed by atoms with Crippen molar-refractivity contribution in [2.45, 2.75) is 19.9 Å². The maximum atomic E-state index is 4.00. The monoisotopic (exact) mass is 509 g/mol. The molecule has 2 heterocycles. The van der Waals surface area contributed by atoms with Crippen LogP contribution in [-0.4, -0.2) is 6.04 Å². The van der Waals surface area contributed by atoms with Gasteiger partial charge in [0.05, 0.1) is 11.7 Å². The Morgan fingerprint density at radius 1 is 0.974 bits per heavy atom. The van der Waals surface area contributed by atoms with Crippen LogP contribution in [0.5, 0.6) is 0 Å². The van der Waals surface area contributed by atoms with Crippen molar-refractivity contribution in [2.75, 3.05) is 4.90 Å². The van der Waals surface area contributed by atoms with Crippen LogP contribution in [0.25, 0.3) is 40.0 Å². The van der Waals surface area contributed by atoms with Crippen molar-refractivity contribution in [3.63, 3.8) is 0 Å². The van der Waals surface area contributed by atoms with Gasteiger partial charge in [0.25, 0.3) is 0 Å². The van der Waals surface area contributed by atoms with Gasteiger partial charge in [0, 0.05) is 27.4 Å². The van der Waals surface area contributed by atoms with E-state index in [1.165, 1.54) is 43.7 Å². The highest BCUT2D eigenvalue weighted by Crippen LogP contribution is 2.50. The van der Waals surface area contributed by atoms with E-state index in [1.54, 1.807) is 0 Å². The molecule has 2 bridgehead atoms. The average Bonchev–Trinajstić information content (AvgIpc) is 3.43. The molecule has 0 amide bonds. The number of hydrogen-bond acceptors (Lipinski definition) is 2. The van der Waals surface area contributed by atoms with Crippen molar-refractivity contribution in [1.82, 2.24) is 0 Å². The van der Waals surface area contributed by atoms with Crippen molar-refractivity contribution in [3.05, 3.63) is 143 Å². The van der Waals surface area contributed by atoms with Gasteiger partial charge in [-0.3, -0.25) is 0 Å². The lowest BCUT2D eigenvalue weighted by Gasteiger charge is -2.28. The first-order valence-electron chi connectivity index (χ1n) is 13.2. The van der Waals surface area contributed by atoms with Gasteiger partial charge in [-0.05, 0) is 77.2 Å². The van der Waals surface area contributed by atoms with Crippen molar-refractivity contribution < 1.29 is 0 Å². The summed E-state index contributed by atoms with van der Waals surface area (Å²) in [6.45, 7) is 8.13. The molecule has 1 aromatic heterocycles. The predicted molar refractivity (Wildman–Crippen MR) is 170 cm³/mol. The Hall–Kier alpha value is -4.14. The summed E-state index contributed by atoms with van der Waals surface area (Å²) in [6.07, 6.45) is 33.2. The molecule has 3 aliphatic rings. The van der Waals surface area contributed by atoms with Crippen LogP contribution in [0, 0.1) is 5.92 Å². The van der Waals surface area contributed by atoms with E-state index >= 15 is 0 Å². The fraction of sp³-hybridized carbons (Fsp3) is 0.111. The van der Waals surface area contributed by atoms with Gasteiger partial charge in [-0.1, -0.05) is 97.7 Å². The van der Waals surface area contributed by atoms with Crippen molar-refractivity contribution in [3.8, 4) is 0 Å². The molecule has 38 heavy (non-hydrogen) atoms. The van der Waals surface area contributed by atoms with Crippen LogP contribution >= 0.6 is 11.3 Å². The van der Waals surface area contributed by atoms with Crippen LogP contribution in [0.15, 0.2) is 115 Å². The molecule has 2 atom stereocenters. The summed E-state index contributed by atoms with van der Waals surface area (Å²) in [5, 5.41) is 3.52. The third-order valence-electron chi connectivity index (χ3n) is 7.35. The number of rotatable bonds is 6. The molecule has 186 valence electrons. The molecule has 3 aromatic rings. The SMILES string of the molecule is C=Cc1cc(/C=C/C=C(\C=C/C)N2c3cc4ccsc4c4c3C3=CC(C=C4)/C=C\C=CC32)ccc1/C=C\C. The first-order valence-corrected chi connectivity index (χ1v) is 14.1. The Morgan fingerprint density at radius 2 is 1.87 bits per heavy atom. The number of hydrogen-bond donors (Lipinski definition) is 0. The molecule has 1 nitrogen and oxygen atoms in total. The van der Waals surface area contributed by atoms with E-state index in [0.717, 1.165) is 11.1 Å². The molecule has 6 rings (SSSR count). The second-order valence-corrected chi connectivity index (χ2v) is 10.6. The minimum Gasteiger partial charge on any atom is -0.330 e. The summed E-state index contributed by atoms with van der Waals surface area (Å²) in [6, 6.07) is 11.3. The summed E-state index contributed by atoms with van der Waals surface area (Å²) in [5.41, 5.74) is 10.1. The summed E-state index contributed by atoms with van der Waals surface area (Å²) in [4.78, 5) is 2.50. The number of fused-ring (bicyclic) bond motifs is 3. The lowest BCUT2D eigenvalue weighted by Crippen LogP contribution is -2.28. The van der Waals surface area contributed by atoms with E-state index < -0.39 is 0 Å². The predicted octanol–water partition coefficient (Wildman–Crippen LogP) is 10.1. The lowest BCUT2D eigenvalue weighted by molar-refractivity contribution is 0.942. The quantitative estimate of drug-likeness (QED) is 0.299. The molecule has 0 fully saturated rings. The molecule has 0 saturated carbocycles. The summed E-state index contributed by atoms with van der Waals surface area (Å²) in [7, 11) is 0. The van der Waals surface area contributed by atoms with Crippen molar-refractivity contribution in [2.24, 2.45) is 5.92 Å². The second-order valence-electron chi connectivity index (χ2n) is 9.71. The van der Waals surface area contributed by atoms with E-state index in [0.29, 0.717) is 5.92 Å². The van der Waals surface area contributed by atoms with Crippen molar-refractivity contribution >= 4 is 57.0 Å². The largest absolute Gasteiger partial charge is 0.330 e. The summed E-state index contributed by atoms with van der Waals surface area (Å²) < 4.78 is 1.37. The zero-order valence-electron chi connectivity index (χ0n) is 21.8. The minimum absolute atomic E-state index is 0.149. The average molecular weight is 510 g/mol. The van der Waals surface area contributed by atoms with E-state index in [9.17, 15) is 0 Å². The number of allylic oxidation sites excluding steroid dienone is 10. The van der Waals surface area contributed by atoms with Crippen LogP contribution in [0.2, 0.25) is 0 Å². The first kappa shape index (κ1) is 24.2. The fourth-order valence-electron chi connectivity index (χ4n) is 5.68. The number of nitrogens with zero attached hydrogens (tertiary/aromatic N) is 1. The van der Waals surface area contributed by atoms with Gasteiger partial charge in [-0.2, -0.15) is 0 Å². The van der Waals surface area contributed by atoms with Crippen molar-refractivity contribution in [1.29, 1.82) is 0 Å². The van der Waals surface area contributed by atoms with Gasteiger partial charge in [0.15, 0.2) is 0 Å². The Balaban J connectivity index is 1.47. The van der Waals surface area contributed by atoms with Crippen LogP contribution < -0.4 is 4.90 Å². The van der Waals surface area contributed by atoms with Gasteiger partial charge >= 0.3 is 0 Å². The highest BCUT2D eigenvalue weighted by Gasteiger charge is 2.37. The Bertz CT molecular complexity index is 1660. The molecule has 2 heteroatoms. The highest BCUT2D eigenvalue weighted by molar-refractivity contribution is 7.17. The molecule has 0 radical (unpaired) electrons. The van der Waals surface area contributed by atoms with Crippen LogP contribution in [0.3, 0.4) is 0 Å². The van der Waals surface area contributed by atoms with E-state index in [1.807, 2.05) is 24.3 Å². The third-order valence-corrected chi connectivity index (χ3v) is 8.31. The van der Waals surface area contributed by atoms with Gasteiger partial charge in [-0.15, -0.1) is 11.3 Å². The second kappa shape index (κ2) is 10.3. The molecule has 0 spiro atoms. The molecule has 2 aromatic carbocycles. The fourth-order valence-corrected chi connectivity index (χ4v) is 6.60. The highest BCUT2D eigenvalue weighted by atomic mass is 32.1. The van der Waals surface area contributed by atoms with Gasteiger partial charge in [0.1, 0.15) is 0 Å². The van der Waals surface area contributed by atoms with Gasteiger partial charge in [-0.25, -0.2) is 0 Å². The van der Waals surface area contributed by atoms with Crippen LogP contribution in [-0.2, 0) is 0 Å². The van der Waals surface area contributed by atoms with Crippen LogP contribution in [0.4, 0.5) is 5.69 Å². The van der Waals surface area contributed by atoms with E-state index in [-0.39, 0.29) is 6.04 Å². The summed E-state index contributed by atoms with van der Waals surface area (Å²) in [5.74, 6) is 0.297. The maximum Gasteiger partial charge on any atom is 0.0782 e. The standard InChI is InChI=1S/C36H31NS/c1-4-10-28-18-16-25(22-27(28)6-3)13-9-14-30(11-5-2)37-33-15-8-7-12-26-17-19-31-35(32(33)23-26)34(37)24-29-20-21-38-36(29)31/h4-24,26,33H,3H2,1-2H3/b10-4-,11-5-,12-7-,13-9+,15-8?,30-14+. The molecular weight excluding hydrogens is 478 g/mol. The van der Waals surface area contributed by atoms with Crippen LogP contribution in [0.1, 0.15) is 41.7 Å². The Kier molecular flexibility index (Phi) is 6.57. The third kappa shape index (κ3) is 4.21. The number of thiophene rings is 1. The number of anilines is 1. The topological polar surface area (TPSA) is 3.24 Å². The molecular formula is C36H31NS. The minimum atomic E-state index is 0.149. The summed E-state index contributed by atoms with van der Waals surface area (Å²) >= 11 is 1.84. The smallest absolute Gasteiger partial charge is 0.0782 e. The normalized spacial score (nSPS) is 20.9. The van der Waals surface area contributed by atoms with E-state index in [4.69, 9.17) is 0 Å². The molecule has 0 saturated heterocycles. The number of benzene rings is 2. The molecule has 1 aliphatic heterocycles. The molecule has 2 unspecified atom stereocenters. The van der Waals surface area contributed by atoms with E-state index in [2.05, 4.69) is 139 Å². The molecule has 0 N–H and O–H groups in total. The Morgan fingerprint density at radius 3 is 2.71 bits per heavy atom. The zero-order chi connectivity index (χ0) is 26.1. The first-order chi connectivity index (χ1) is 18.7. The Labute approximate surface area is 229 Å².